The second kappa shape index (κ2) is 9.41. The summed E-state index contributed by atoms with van der Waals surface area (Å²) in [4.78, 5) is 14.8. The molecule has 0 saturated carbocycles. The lowest BCUT2D eigenvalue weighted by atomic mass is 10.1. The lowest BCUT2D eigenvalue weighted by molar-refractivity contribution is 0.0953. The summed E-state index contributed by atoms with van der Waals surface area (Å²) in [6.45, 7) is 4.10. The molecule has 1 N–H and O–H groups in total. The third kappa shape index (κ3) is 5.58. The van der Waals surface area contributed by atoms with Crippen LogP contribution in [-0.4, -0.2) is 53.4 Å². The Bertz CT molecular complexity index is 966. The molecule has 0 radical (unpaired) electrons. The van der Waals surface area contributed by atoms with Crippen LogP contribution >= 0.6 is 0 Å². The normalized spacial score (nSPS) is 11.6. The number of benzene rings is 2. The first-order chi connectivity index (χ1) is 13.5. The first-order valence-electron chi connectivity index (χ1n) is 9.62. The fourth-order valence-corrected chi connectivity index (χ4v) is 4.20. The van der Waals surface area contributed by atoms with Crippen LogP contribution in [-0.2, 0) is 16.4 Å². The van der Waals surface area contributed by atoms with Gasteiger partial charge in [-0.15, -0.1) is 0 Å². The van der Waals surface area contributed by atoms with Gasteiger partial charge in [0.2, 0.25) is 10.0 Å². The Morgan fingerprint density at radius 3 is 2.17 bits per heavy atom. The zero-order chi connectivity index (χ0) is 21.8. The molecule has 0 atom stereocenters. The summed E-state index contributed by atoms with van der Waals surface area (Å²) in [7, 11) is 3.38. The van der Waals surface area contributed by atoms with Gasteiger partial charge in [0.25, 0.3) is 5.91 Å². The molecule has 0 fully saturated rings. The van der Waals surface area contributed by atoms with Crippen LogP contribution in [0.25, 0.3) is 0 Å². The molecule has 2 aromatic rings. The first kappa shape index (κ1) is 22.9. The molecule has 0 spiro atoms. The van der Waals surface area contributed by atoms with E-state index in [1.165, 1.54) is 25.7 Å². The van der Waals surface area contributed by atoms with E-state index in [-0.39, 0.29) is 10.8 Å². The van der Waals surface area contributed by atoms with Crippen molar-refractivity contribution in [2.75, 3.05) is 39.6 Å². The Morgan fingerprint density at radius 1 is 1.00 bits per heavy atom. The zero-order valence-corrected chi connectivity index (χ0v) is 18.9. The number of sulfonamides is 1. The third-order valence-corrected chi connectivity index (χ3v) is 6.96. The van der Waals surface area contributed by atoms with Crippen LogP contribution in [0.5, 0.6) is 0 Å². The predicted molar refractivity (Wildman–Crippen MR) is 118 cm³/mol. The molecule has 0 bridgehead atoms. The Kier molecular flexibility index (Phi) is 7.43. The van der Waals surface area contributed by atoms with Gasteiger partial charge in [0, 0.05) is 46.0 Å². The lowest BCUT2D eigenvalue weighted by Crippen LogP contribution is -2.27. The van der Waals surface area contributed by atoms with Crippen LogP contribution in [0.3, 0.4) is 0 Å². The summed E-state index contributed by atoms with van der Waals surface area (Å²) in [5.41, 5.74) is 4.18. The first-order valence-corrected chi connectivity index (χ1v) is 11.1. The molecule has 0 aromatic heterocycles. The molecular weight excluding hydrogens is 386 g/mol. The van der Waals surface area contributed by atoms with E-state index in [2.05, 4.69) is 34.5 Å². The number of aryl methyl sites for hydroxylation is 2. The van der Waals surface area contributed by atoms with Crippen molar-refractivity contribution in [3.63, 3.8) is 0 Å². The molecule has 0 unspecified atom stereocenters. The van der Waals surface area contributed by atoms with Gasteiger partial charge in [-0.1, -0.05) is 12.1 Å². The molecule has 2 rings (SSSR count). The number of nitrogens with one attached hydrogen (secondary N) is 1. The number of rotatable bonds is 8. The highest BCUT2D eigenvalue weighted by Crippen LogP contribution is 2.23. The third-order valence-electron chi connectivity index (χ3n) is 5.02. The lowest BCUT2D eigenvalue weighted by Gasteiger charge is -2.16. The number of nitrogens with zero attached hydrogens (tertiary/aromatic N) is 2. The smallest absolute Gasteiger partial charge is 0.251 e. The maximum absolute atomic E-state index is 12.6. The van der Waals surface area contributed by atoms with Crippen molar-refractivity contribution in [3.8, 4) is 0 Å². The van der Waals surface area contributed by atoms with Crippen molar-refractivity contribution >= 4 is 21.6 Å². The molecule has 0 aliphatic carbocycles. The highest BCUT2D eigenvalue weighted by Gasteiger charge is 2.22. The van der Waals surface area contributed by atoms with Gasteiger partial charge in [-0.05, 0) is 67.6 Å². The van der Waals surface area contributed by atoms with Crippen molar-refractivity contribution < 1.29 is 13.2 Å². The summed E-state index contributed by atoms with van der Waals surface area (Å²) >= 11 is 0. The quantitative estimate of drug-likeness (QED) is 0.671. The van der Waals surface area contributed by atoms with Crippen LogP contribution in [0.1, 0.15) is 33.5 Å². The summed E-state index contributed by atoms with van der Waals surface area (Å²) in [6, 6.07) is 11.6. The SMILES string of the molecule is Cc1cc(C(=O)NCCCc2ccc(N(C)C)cc2)cc(S(=O)(=O)N(C)C)c1C. The number of carbonyl (C=O) groups excluding carboxylic acids is 1. The number of hydrogen-bond donors (Lipinski definition) is 1. The van der Waals surface area contributed by atoms with Gasteiger partial charge in [0.15, 0.2) is 0 Å². The van der Waals surface area contributed by atoms with E-state index < -0.39 is 10.0 Å². The van der Waals surface area contributed by atoms with E-state index in [9.17, 15) is 13.2 Å². The van der Waals surface area contributed by atoms with Crippen LogP contribution in [0.2, 0.25) is 0 Å². The van der Waals surface area contributed by atoms with Crippen LogP contribution in [0, 0.1) is 13.8 Å². The summed E-state index contributed by atoms with van der Waals surface area (Å²) in [6.07, 6.45) is 1.67. The monoisotopic (exact) mass is 417 g/mol. The molecule has 29 heavy (non-hydrogen) atoms. The maximum atomic E-state index is 12.6. The van der Waals surface area contributed by atoms with E-state index in [4.69, 9.17) is 0 Å². The average Bonchev–Trinajstić information content (AvgIpc) is 2.67. The van der Waals surface area contributed by atoms with E-state index in [1.807, 2.05) is 21.0 Å². The minimum Gasteiger partial charge on any atom is -0.378 e. The molecular formula is C22H31N3O3S. The highest BCUT2D eigenvalue weighted by atomic mass is 32.2. The van der Waals surface area contributed by atoms with Gasteiger partial charge in [0.1, 0.15) is 0 Å². The zero-order valence-electron chi connectivity index (χ0n) is 18.1. The number of amides is 1. The Labute approximate surface area is 174 Å². The Hall–Kier alpha value is -2.38. The largest absolute Gasteiger partial charge is 0.378 e. The summed E-state index contributed by atoms with van der Waals surface area (Å²) in [5.74, 6) is -0.258. The van der Waals surface area contributed by atoms with Crippen molar-refractivity contribution in [1.29, 1.82) is 0 Å². The standard InChI is InChI=1S/C22H31N3O3S/c1-16-14-19(15-21(17(16)2)29(27,28)25(5)6)22(26)23-13-7-8-18-9-11-20(12-10-18)24(3)4/h9-12,14-15H,7-8,13H2,1-6H3,(H,23,26). The Morgan fingerprint density at radius 2 is 1.62 bits per heavy atom. The fourth-order valence-electron chi connectivity index (χ4n) is 2.98. The second-order valence-corrected chi connectivity index (χ2v) is 9.74. The molecule has 1 amide bonds. The van der Waals surface area contributed by atoms with Gasteiger partial charge < -0.3 is 10.2 Å². The van der Waals surface area contributed by atoms with Crippen LogP contribution in [0.15, 0.2) is 41.3 Å². The minimum atomic E-state index is -3.61. The summed E-state index contributed by atoms with van der Waals surface area (Å²) in [5, 5.41) is 2.90. The van der Waals surface area contributed by atoms with E-state index >= 15 is 0 Å². The molecule has 2 aromatic carbocycles. The Balaban J connectivity index is 2.01. The van der Waals surface area contributed by atoms with Gasteiger partial charge in [-0.3, -0.25) is 4.79 Å². The van der Waals surface area contributed by atoms with Crippen LogP contribution in [0.4, 0.5) is 5.69 Å². The molecule has 0 saturated heterocycles. The van der Waals surface area contributed by atoms with Gasteiger partial charge in [-0.2, -0.15) is 0 Å². The molecule has 158 valence electrons. The minimum absolute atomic E-state index is 0.175. The molecule has 0 aliphatic heterocycles. The molecule has 7 heteroatoms. The van der Waals surface area contributed by atoms with Gasteiger partial charge in [-0.25, -0.2) is 12.7 Å². The average molecular weight is 418 g/mol. The molecule has 0 heterocycles. The van der Waals surface area contributed by atoms with Gasteiger partial charge >= 0.3 is 0 Å². The van der Waals surface area contributed by atoms with Gasteiger partial charge in [0.05, 0.1) is 4.90 Å². The van der Waals surface area contributed by atoms with Crippen molar-refractivity contribution in [2.45, 2.75) is 31.6 Å². The number of carbonyl (C=O) groups is 1. The maximum Gasteiger partial charge on any atom is 0.251 e. The molecule has 6 nitrogen and oxygen atoms in total. The number of anilines is 1. The van der Waals surface area contributed by atoms with E-state index in [1.54, 1.807) is 13.0 Å². The van der Waals surface area contributed by atoms with E-state index in [0.717, 1.165) is 28.4 Å². The highest BCUT2D eigenvalue weighted by molar-refractivity contribution is 7.89. The topological polar surface area (TPSA) is 69.7 Å². The van der Waals surface area contributed by atoms with Crippen molar-refractivity contribution in [3.05, 3.63) is 58.7 Å². The number of hydrogen-bond acceptors (Lipinski definition) is 4. The molecule has 0 aliphatic rings. The second-order valence-electron chi connectivity index (χ2n) is 7.62. The van der Waals surface area contributed by atoms with Crippen molar-refractivity contribution in [2.24, 2.45) is 0 Å². The van der Waals surface area contributed by atoms with E-state index in [0.29, 0.717) is 17.7 Å². The summed E-state index contributed by atoms with van der Waals surface area (Å²) < 4.78 is 26.3. The fraction of sp³-hybridized carbons (Fsp3) is 0.409. The van der Waals surface area contributed by atoms with Crippen LogP contribution < -0.4 is 10.2 Å². The predicted octanol–water partition coefficient (Wildman–Crippen LogP) is 2.98. The van der Waals surface area contributed by atoms with Crippen molar-refractivity contribution in [1.82, 2.24) is 9.62 Å².